The molecule has 0 aromatic heterocycles. The van der Waals surface area contributed by atoms with Crippen LogP contribution in [0.1, 0.15) is 32.3 Å². The maximum absolute atomic E-state index is 12.6. The van der Waals surface area contributed by atoms with Gasteiger partial charge in [0.25, 0.3) is 0 Å². The van der Waals surface area contributed by atoms with Gasteiger partial charge in [0.05, 0.1) is 0 Å². The molecule has 0 spiro atoms. The van der Waals surface area contributed by atoms with E-state index in [1.165, 1.54) is 0 Å². The largest absolute Gasteiger partial charge is 0.342 e. The molecule has 2 unspecified atom stereocenters. The summed E-state index contributed by atoms with van der Waals surface area (Å²) in [6.07, 6.45) is 1.53. The SMILES string of the molecule is CCCC1NC(=O)C(C)N(c2ccc(C)c(Br)c2)C1=O. The van der Waals surface area contributed by atoms with Gasteiger partial charge in [-0.3, -0.25) is 14.5 Å². The summed E-state index contributed by atoms with van der Waals surface area (Å²) in [6, 6.07) is 4.83. The van der Waals surface area contributed by atoms with Crippen LogP contribution in [-0.4, -0.2) is 23.9 Å². The molecule has 1 aliphatic rings. The zero-order valence-corrected chi connectivity index (χ0v) is 13.5. The maximum Gasteiger partial charge on any atom is 0.250 e. The molecule has 1 saturated heterocycles. The molecule has 1 aromatic rings. The van der Waals surface area contributed by atoms with Gasteiger partial charge in [0.2, 0.25) is 11.8 Å². The molecule has 20 heavy (non-hydrogen) atoms. The highest BCUT2D eigenvalue weighted by molar-refractivity contribution is 9.10. The number of benzene rings is 1. The molecular weight excluding hydrogens is 320 g/mol. The Bertz CT molecular complexity index is 545. The van der Waals surface area contributed by atoms with Crippen molar-refractivity contribution in [3.05, 3.63) is 28.2 Å². The summed E-state index contributed by atoms with van der Waals surface area (Å²) in [4.78, 5) is 26.2. The number of rotatable bonds is 3. The lowest BCUT2D eigenvalue weighted by molar-refractivity contribution is -0.133. The first-order valence-corrected chi connectivity index (χ1v) is 7.64. The number of amides is 2. The van der Waals surface area contributed by atoms with Crippen LogP contribution >= 0.6 is 15.9 Å². The fourth-order valence-corrected chi connectivity index (χ4v) is 2.76. The topological polar surface area (TPSA) is 49.4 Å². The van der Waals surface area contributed by atoms with Crippen molar-refractivity contribution in [2.45, 2.75) is 45.7 Å². The maximum atomic E-state index is 12.6. The fraction of sp³-hybridized carbons (Fsp3) is 0.467. The number of piperazine rings is 1. The first kappa shape index (κ1) is 15.0. The molecule has 2 rings (SSSR count). The molecule has 1 aliphatic heterocycles. The van der Waals surface area contributed by atoms with Crippen molar-refractivity contribution in [3.8, 4) is 0 Å². The van der Waals surface area contributed by atoms with Gasteiger partial charge in [-0.1, -0.05) is 35.3 Å². The van der Waals surface area contributed by atoms with Gasteiger partial charge >= 0.3 is 0 Å². The predicted octanol–water partition coefficient (Wildman–Crippen LogP) is 2.78. The van der Waals surface area contributed by atoms with Crippen LogP contribution in [0.25, 0.3) is 0 Å². The molecule has 1 heterocycles. The lowest BCUT2D eigenvalue weighted by atomic mass is 10.0. The second-order valence-corrected chi connectivity index (χ2v) is 6.02. The van der Waals surface area contributed by atoms with E-state index in [-0.39, 0.29) is 11.8 Å². The van der Waals surface area contributed by atoms with Crippen molar-refractivity contribution in [1.29, 1.82) is 0 Å². The van der Waals surface area contributed by atoms with E-state index in [1.807, 2.05) is 32.0 Å². The Kier molecular flexibility index (Phi) is 4.48. The van der Waals surface area contributed by atoms with Crippen LogP contribution in [0.3, 0.4) is 0 Å². The minimum absolute atomic E-state index is 0.0327. The third-order valence-electron chi connectivity index (χ3n) is 3.63. The van der Waals surface area contributed by atoms with E-state index in [4.69, 9.17) is 0 Å². The van der Waals surface area contributed by atoms with E-state index < -0.39 is 12.1 Å². The minimum Gasteiger partial charge on any atom is -0.342 e. The molecule has 4 nitrogen and oxygen atoms in total. The Hall–Kier alpha value is -1.36. The van der Waals surface area contributed by atoms with E-state index in [1.54, 1.807) is 11.8 Å². The van der Waals surface area contributed by atoms with Crippen LogP contribution in [0.5, 0.6) is 0 Å². The number of aryl methyl sites for hydroxylation is 1. The molecule has 2 amide bonds. The van der Waals surface area contributed by atoms with Gasteiger partial charge in [0.1, 0.15) is 12.1 Å². The summed E-state index contributed by atoms with van der Waals surface area (Å²) in [6.45, 7) is 5.75. The van der Waals surface area contributed by atoms with Crippen molar-refractivity contribution in [2.75, 3.05) is 4.90 Å². The van der Waals surface area contributed by atoms with E-state index in [0.29, 0.717) is 6.42 Å². The first-order valence-electron chi connectivity index (χ1n) is 6.85. The number of carbonyl (C=O) groups is 2. The molecule has 2 atom stereocenters. The number of hydrogen-bond donors (Lipinski definition) is 1. The summed E-state index contributed by atoms with van der Waals surface area (Å²) in [5, 5.41) is 2.80. The Morgan fingerprint density at radius 3 is 2.65 bits per heavy atom. The first-order chi connectivity index (χ1) is 9.45. The molecule has 5 heteroatoms. The third kappa shape index (κ3) is 2.73. The second kappa shape index (κ2) is 5.95. The number of nitrogens with one attached hydrogen (secondary N) is 1. The highest BCUT2D eigenvalue weighted by Crippen LogP contribution is 2.27. The molecular formula is C15H19BrN2O2. The van der Waals surface area contributed by atoms with Crippen molar-refractivity contribution >= 4 is 33.4 Å². The van der Waals surface area contributed by atoms with E-state index in [0.717, 1.165) is 22.1 Å². The highest BCUT2D eigenvalue weighted by Gasteiger charge is 2.38. The molecule has 108 valence electrons. The summed E-state index contributed by atoms with van der Waals surface area (Å²) in [7, 11) is 0. The van der Waals surface area contributed by atoms with Crippen LogP contribution in [0.4, 0.5) is 5.69 Å². The zero-order chi connectivity index (χ0) is 14.9. The van der Waals surface area contributed by atoms with Gasteiger partial charge in [0, 0.05) is 10.2 Å². The number of hydrogen-bond acceptors (Lipinski definition) is 2. The van der Waals surface area contributed by atoms with Crippen LogP contribution < -0.4 is 10.2 Å². The van der Waals surface area contributed by atoms with Crippen molar-refractivity contribution in [3.63, 3.8) is 0 Å². The predicted molar refractivity (Wildman–Crippen MR) is 82.7 cm³/mol. The Labute approximate surface area is 127 Å². The lowest BCUT2D eigenvalue weighted by Crippen LogP contribution is -2.62. The molecule has 0 radical (unpaired) electrons. The standard InChI is InChI=1S/C15H19BrN2O2/c1-4-5-13-15(20)18(10(3)14(19)17-13)11-7-6-9(2)12(16)8-11/h6-8,10,13H,4-5H2,1-3H3,(H,17,19). The van der Waals surface area contributed by atoms with Gasteiger partial charge in [-0.05, 0) is 38.0 Å². The highest BCUT2D eigenvalue weighted by atomic mass is 79.9. The monoisotopic (exact) mass is 338 g/mol. The molecule has 0 saturated carbocycles. The number of halogens is 1. The van der Waals surface area contributed by atoms with E-state index >= 15 is 0 Å². The number of anilines is 1. The van der Waals surface area contributed by atoms with Gasteiger partial charge in [-0.25, -0.2) is 0 Å². The van der Waals surface area contributed by atoms with Crippen molar-refractivity contribution in [2.24, 2.45) is 0 Å². The normalized spacial score (nSPS) is 22.9. The average Bonchev–Trinajstić information content (AvgIpc) is 2.40. The molecule has 1 fully saturated rings. The third-order valence-corrected chi connectivity index (χ3v) is 4.48. The average molecular weight is 339 g/mol. The smallest absolute Gasteiger partial charge is 0.250 e. The van der Waals surface area contributed by atoms with Crippen LogP contribution in [0.15, 0.2) is 22.7 Å². The lowest BCUT2D eigenvalue weighted by Gasteiger charge is -2.37. The van der Waals surface area contributed by atoms with Gasteiger partial charge in [-0.15, -0.1) is 0 Å². The van der Waals surface area contributed by atoms with E-state index in [2.05, 4.69) is 21.2 Å². The Morgan fingerprint density at radius 1 is 1.35 bits per heavy atom. The zero-order valence-electron chi connectivity index (χ0n) is 11.9. The van der Waals surface area contributed by atoms with Gasteiger partial charge < -0.3 is 5.32 Å². The van der Waals surface area contributed by atoms with Crippen LogP contribution in [0, 0.1) is 6.92 Å². The number of carbonyl (C=O) groups excluding carboxylic acids is 2. The molecule has 1 N–H and O–H groups in total. The van der Waals surface area contributed by atoms with E-state index in [9.17, 15) is 9.59 Å². The quantitative estimate of drug-likeness (QED) is 0.921. The fourth-order valence-electron chi connectivity index (χ4n) is 2.40. The van der Waals surface area contributed by atoms with Crippen molar-refractivity contribution < 1.29 is 9.59 Å². The Morgan fingerprint density at radius 2 is 2.05 bits per heavy atom. The minimum atomic E-state index is -0.481. The molecule has 1 aromatic carbocycles. The van der Waals surface area contributed by atoms with Crippen LogP contribution in [0.2, 0.25) is 0 Å². The van der Waals surface area contributed by atoms with Gasteiger partial charge in [0.15, 0.2) is 0 Å². The molecule has 0 aliphatic carbocycles. The summed E-state index contributed by atoms with van der Waals surface area (Å²) < 4.78 is 0.938. The van der Waals surface area contributed by atoms with Crippen LogP contribution in [-0.2, 0) is 9.59 Å². The van der Waals surface area contributed by atoms with Gasteiger partial charge in [-0.2, -0.15) is 0 Å². The Balaban J connectivity index is 2.37. The summed E-state index contributed by atoms with van der Waals surface area (Å²) in [5.74, 6) is -0.130. The van der Waals surface area contributed by atoms with Crippen molar-refractivity contribution in [1.82, 2.24) is 5.32 Å². The second-order valence-electron chi connectivity index (χ2n) is 5.17. The number of nitrogens with zero attached hydrogens (tertiary/aromatic N) is 1. The summed E-state index contributed by atoms with van der Waals surface area (Å²) in [5.41, 5.74) is 1.86. The summed E-state index contributed by atoms with van der Waals surface area (Å²) >= 11 is 3.47. The molecule has 0 bridgehead atoms.